The molecule has 0 amide bonds. The molecule has 0 spiro atoms. The molecule has 0 aromatic rings. The summed E-state index contributed by atoms with van der Waals surface area (Å²) in [5, 5.41) is 0. The third-order valence-corrected chi connectivity index (χ3v) is 9.68. The van der Waals surface area contributed by atoms with Gasteiger partial charge < -0.3 is 41.4 Å². The lowest BCUT2D eigenvalue weighted by molar-refractivity contribution is 0.0806. The molecule has 0 aliphatic carbocycles. The molecular formula is C21H51O12P3. The Morgan fingerprint density at radius 1 is 0.444 bits per heavy atom. The minimum Gasteiger partial charge on any atom is -0.366 e. The highest BCUT2D eigenvalue weighted by Crippen LogP contribution is 2.47. The topological polar surface area (TPSA) is 134 Å². The summed E-state index contributed by atoms with van der Waals surface area (Å²) in [6, 6.07) is 0. The van der Waals surface area contributed by atoms with E-state index in [1.807, 2.05) is 41.5 Å². The lowest BCUT2D eigenvalue weighted by Crippen LogP contribution is -2.09. The van der Waals surface area contributed by atoms with E-state index in [4.69, 9.17) is 41.4 Å². The molecule has 0 rings (SSSR count). The molecule has 36 heavy (non-hydrogen) atoms. The number of hydrogen-bond acceptors (Lipinski definition) is 12. The van der Waals surface area contributed by atoms with E-state index < -0.39 is 22.8 Å². The summed E-state index contributed by atoms with van der Waals surface area (Å²) in [5.74, 6) is 0. The highest BCUT2D eigenvalue weighted by atomic mass is 31.2. The Labute approximate surface area is 218 Å². The van der Waals surface area contributed by atoms with Gasteiger partial charge in [0.05, 0.1) is 18.3 Å². The first-order valence-electron chi connectivity index (χ1n) is 11.7. The Balaban J connectivity index is -0.000000454. The van der Waals surface area contributed by atoms with Crippen molar-refractivity contribution in [1.82, 2.24) is 0 Å². The fraction of sp³-hybridized carbons (Fsp3) is 1.00. The zero-order chi connectivity index (χ0) is 28.8. The van der Waals surface area contributed by atoms with Crippen molar-refractivity contribution in [2.45, 2.75) is 79.1 Å². The summed E-state index contributed by atoms with van der Waals surface area (Å²) in [4.78, 5) is 0. The van der Waals surface area contributed by atoms with E-state index in [0.29, 0.717) is 0 Å². The summed E-state index contributed by atoms with van der Waals surface area (Å²) in [6.45, 7) is 11.7. The first kappa shape index (κ1) is 40.8. The second-order valence-corrected chi connectivity index (χ2v) is 14.1. The van der Waals surface area contributed by atoms with Gasteiger partial charge in [0.25, 0.3) is 0 Å². The van der Waals surface area contributed by atoms with E-state index in [9.17, 15) is 13.7 Å². The van der Waals surface area contributed by atoms with Gasteiger partial charge in [-0.05, 0) is 40.0 Å². The molecule has 0 fully saturated rings. The molecule has 3 atom stereocenters. The lowest BCUT2D eigenvalue weighted by atomic mass is 10.3. The SMILES string of the molecule is CC[C@@H](C)OCP(=O)(OC)OC.CC[C@@H](C)OCP(=O)(OC)OC.CC[C@@H](C)OCP(=O)(OC)OC. The molecule has 0 N–H and O–H groups in total. The smallest absolute Gasteiger partial charge is 0.355 e. The highest BCUT2D eigenvalue weighted by Gasteiger charge is 2.23. The Hall–Kier alpha value is 0.330. The molecule has 0 unspecified atom stereocenters. The van der Waals surface area contributed by atoms with Crippen LogP contribution >= 0.6 is 22.8 Å². The van der Waals surface area contributed by atoms with Crippen LogP contribution in [-0.4, -0.2) is 80.0 Å². The quantitative estimate of drug-likeness (QED) is 0.157. The first-order valence-corrected chi connectivity index (χ1v) is 16.9. The standard InChI is InChI=1S/3C7H17O4P/c3*1-5-7(2)11-6-12(8,9-3)10-4/h3*7H,5-6H2,1-4H3/t3*7-/m111/s1. The van der Waals surface area contributed by atoms with Crippen LogP contribution in [0.3, 0.4) is 0 Å². The van der Waals surface area contributed by atoms with Crippen LogP contribution < -0.4 is 0 Å². The zero-order valence-electron chi connectivity index (χ0n) is 24.2. The van der Waals surface area contributed by atoms with Gasteiger partial charge in [-0.2, -0.15) is 0 Å². The maximum Gasteiger partial charge on any atom is 0.355 e. The molecule has 222 valence electrons. The van der Waals surface area contributed by atoms with Crippen LogP contribution in [0.2, 0.25) is 0 Å². The minimum absolute atomic E-state index is 0.0228. The van der Waals surface area contributed by atoms with Crippen molar-refractivity contribution in [3.05, 3.63) is 0 Å². The van der Waals surface area contributed by atoms with Crippen LogP contribution in [0.4, 0.5) is 0 Å². The molecule has 12 nitrogen and oxygen atoms in total. The van der Waals surface area contributed by atoms with E-state index in [1.165, 1.54) is 42.7 Å². The second-order valence-electron chi connectivity index (χ2n) is 7.47. The van der Waals surface area contributed by atoms with Crippen molar-refractivity contribution < 1.29 is 55.0 Å². The third kappa shape index (κ3) is 21.3. The van der Waals surface area contributed by atoms with Gasteiger partial charge in [0, 0.05) is 42.7 Å². The average Bonchev–Trinajstić information content (AvgIpc) is 2.93. The number of ether oxygens (including phenoxy) is 3. The molecule has 0 aliphatic rings. The predicted octanol–water partition coefficient (Wildman–Crippen LogP) is 6.73. The predicted molar refractivity (Wildman–Crippen MR) is 142 cm³/mol. The first-order chi connectivity index (χ1) is 16.7. The summed E-state index contributed by atoms with van der Waals surface area (Å²) >= 11 is 0. The average molecular weight is 589 g/mol. The zero-order valence-corrected chi connectivity index (χ0v) is 26.9. The van der Waals surface area contributed by atoms with Gasteiger partial charge in [-0.3, -0.25) is 13.7 Å². The second kappa shape index (κ2) is 23.2. The minimum atomic E-state index is -2.97. The van der Waals surface area contributed by atoms with Crippen LogP contribution in [0.15, 0.2) is 0 Å². The van der Waals surface area contributed by atoms with Crippen molar-refractivity contribution in [3.8, 4) is 0 Å². The molecule has 0 aliphatic heterocycles. The van der Waals surface area contributed by atoms with Gasteiger partial charge in [-0.15, -0.1) is 0 Å². The van der Waals surface area contributed by atoms with Crippen LogP contribution in [-0.2, 0) is 55.0 Å². The van der Waals surface area contributed by atoms with Crippen molar-refractivity contribution in [1.29, 1.82) is 0 Å². The Kier molecular flexibility index (Phi) is 26.3. The monoisotopic (exact) mass is 588 g/mol. The van der Waals surface area contributed by atoms with Gasteiger partial charge in [-0.25, -0.2) is 0 Å². The Morgan fingerprint density at radius 3 is 0.722 bits per heavy atom. The van der Waals surface area contributed by atoms with Crippen molar-refractivity contribution in [2.24, 2.45) is 0 Å². The maximum atomic E-state index is 11.4. The molecule has 15 heteroatoms. The largest absolute Gasteiger partial charge is 0.366 e. The Bertz CT molecular complexity index is 540. The summed E-state index contributed by atoms with van der Waals surface area (Å²) in [7, 11) is -0.803. The lowest BCUT2D eigenvalue weighted by Gasteiger charge is -2.16. The summed E-state index contributed by atoms with van der Waals surface area (Å²) < 4.78 is 78.0. The van der Waals surface area contributed by atoms with Crippen LogP contribution in [0.25, 0.3) is 0 Å². The summed E-state index contributed by atoms with van der Waals surface area (Å²) in [5.41, 5.74) is 0. The maximum absolute atomic E-state index is 11.4. The van der Waals surface area contributed by atoms with Crippen molar-refractivity contribution >= 4 is 22.8 Å². The van der Waals surface area contributed by atoms with E-state index in [0.717, 1.165) is 19.3 Å². The van der Waals surface area contributed by atoms with Crippen LogP contribution in [0, 0.1) is 0 Å². The molecule has 0 saturated heterocycles. The molecule has 0 aromatic heterocycles. The summed E-state index contributed by atoms with van der Waals surface area (Å²) in [6.07, 6.45) is 2.98. The van der Waals surface area contributed by atoms with E-state index in [2.05, 4.69) is 0 Å². The van der Waals surface area contributed by atoms with Gasteiger partial charge >= 0.3 is 22.8 Å². The molecule has 0 radical (unpaired) electrons. The third-order valence-electron chi connectivity index (χ3n) is 4.95. The molecule has 0 bridgehead atoms. The van der Waals surface area contributed by atoms with E-state index >= 15 is 0 Å². The molecular weight excluding hydrogens is 537 g/mol. The fourth-order valence-electron chi connectivity index (χ4n) is 1.55. The molecule has 0 heterocycles. The molecule has 0 aromatic carbocycles. The fourth-order valence-corrected chi connectivity index (χ4v) is 3.94. The van der Waals surface area contributed by atoms with Crippen molar-refractivity contribution in [2.75, 3.05) is 61.7 Å². The number of rotatable bonds is 18. The number of hydrogen-bond donors (Lipinski definition) is 0. The van der Waals surface area contributed by atoms with Crippen LogP contribution in [0.1, 0.15) is 60.8 Å². The van der Waals surface area contributed by atoms with E-state index in [-0.39, 0.29) is 37.4 Å². The normalized spacial score (nSPS) is 14.7. The van der Waals surface area contributed by atoms with Crippen LogP contribution in [0.5, 0.6) is 0 Å². The van der Waals surface area contributed by atoms with Gasteiger partial charge in [0.2, 0.25) is 0 Å². The highest BCUT2D eigenvalue weighted by molar-refractivity contribution is 7.54. The van der Waals surface area contributed by atoms with Crippen molar-refractivity contribution in [3.63, 3.8) is 0 Å². The van der Waals surface area contributed by atoms with Gasteiger partial charge in [0.1, 0.15) is 19.0 Å². The molecule has 0 saturated carbocycles. The van der Waals surface area contributed by atoms with Gasteiger partial charge in [-0.1, -0.05) is 20.8 Å². The van der Waals surface area contributed by atoms with Gasteiger partial charge in [0.15, 0.2) is 0 Å². The Morgan fingerprint density at radius 2 is 0.611 bits per heavy atom. The van der Waals surface area contributed by atoms with E-state index in [1.54, 1.807) is 0 Å².